The zero-order chi connectivity index (χ0) is 13.5. The van der Waals surface area contributed by atoms with Crippen molar-refractivity contribution in [2.24, 2.45) is 0 Å². The number of amides is 2. The monoisotopic (exact) mass is 271 g/mol. The number of hydrogen-bond donors (Lipinski definition) is 2. The third-order valence-electron chi connectivity index (χ3n) is 2.44. The molecule has 1 aromatic rings. The second-order valence-electron chi connectivity index (χ2n) is 3.59. The van der Waals surface area contributed by atoms with E-state index < -0.39 is 5.97 Å². The Hall–Kier alpha value is -1.63. The summed E-state index contributed by atoms with van der Waals surface area (Å²) in [5.41, 5.74) is 0.0602. The Morgan fingerprint density at radius 1 is 1.44 bits per heavy atom. The van der Waals surface area contributed by atoms with Crippen LogP contribution >= 0.6 is 11.3 Å². The molecule has 2 N–H and O–H groups in total. The Kier molecular flexibility index (Phi) is 5.57. The smallest absolute Gasteiger partial charge is 0.355 e. The molecule has 0 saturated carbocycles. The van der Waals surface area contributed by atoms with Crippen LogP contribution in [0.25, 0.3) is 0 Å². The fourth-order valence-electron chi connectivity index (χ4n) is 1.42. The molecule has 0 aliphatic heterocycles. The van der Waals surface area contributed by atoms with Crippen molar-refractivity contribution in [3.8, 4) is 0 Å². The molecule has 1 aromatic heterocycles. The maximum atomic E-state index is 11.6. The molecule has 0 bridgehead atoms. The fraction of sp³-hybridized carbons (Fsp3) is 0.545. The summed E-state index contributed by atoms with van der Waals surface area (Å²) in [6, 6.07) is -0.102. The molecular formula is C11H17N3O3S. The van der Waals surface area contributed by atoms with Gasteiger partial charge in [-0.1, -0.05) is 0 Å². The number of rotatable bonds is 6. The number of aromatic nitrogens is 1. The van der Waals surface area contributed by atoms with Crippen LogP contribution in [0.4, 0.5) is 4.79 Å². The van der Waals surface area contributed by atoms with Gasteiger partial charge in [0.05, 0.1) is 5.01 Å². The number of carboxylic acid groups (broad SMARTS) is 1. The Balaban J connectivity index is 2.37. The normalized spacial score (nSPS) is 10.1. The maximum absolute atomic E-state index is 11.6. The zero-order valence-corrected chi connectivity index (χ0v) is 11.3. The topological polar surface area (TPSA) is 82.5 Å². The summed E-state index contributed by atoms with van der Waals surface area (Å²) in [7, 11) is 0. The molecule has 18 heavy (non-hydrogen) atoms. The summed E-state index contributed by atoms with van der Waals surface area (Å²) in [6.45, 7) is 5.64. The summed E-state index contributed by atoms with van der Waals surface area (Å²) < 4.78 is 0. The van der Waals surface area contributed by atoms with Crippen LogP contribution in [0, 0.1) is 0 Å². The van der Waals surface area contributed by atoms with Crippen molar-refractivity contribution in [1.29, 1.82) is 0 Å². The molecular weight excluding hydrogens is 254 g/mol. The molecule has 2 amide bonds. The third-order valence-corrected chi connectivity index (χ3v) is 3.35. The molecule has 0 saturated heterocycles. The number of urea groups is 1. The van der Waals surface area contributed by atoms with Gasteiger partial charge in [0.25, 0.3) is 0 Å². The number of carboxylic acids is 1. The van der Waals surface area contributed by atoms with Crippen LogP contribution in [0.1, 0.15) is 29.3 Å². The number of hydrogen-bond acceptors (Lipinski definition) is 4. The molecule has 0 fully saturated rings. The first-order valence-electron chi connectivity index (χ1n) is 5.78. The second-order valence-corrected chi connectivity index (χ2v) is 4.53. The molecule has 100 valence electrons. The highest BCUT2D eigenvalue weighted by molar-refractivity contribution is 7.09. The van der Waals surface area contributed by atoms with Crippen LogP contribution in [-0.4, -0.2) is 46.6 Å². The van der Waals surface area contributed by atoms with Gasteiger partial charge in [-0.2, -0.15) is 0 Å². The van der Waals surface area contributed by atoms with Crippen LogP contribution in [0.5, 0.6) is 0 Å². The average Bonchev–Trinajstić information content (AvgIpc) is 2.79. The molecule has 6 nitrogen and oxygen atoms in total. The van der Waals surface area contributed by atoms with E-state index in [-0.39, 0.29) is 11.7 Å². The van der Waals surface area contributed by atoms with Crippen molar-refractivity contribution in [3.63, 3.8) is 0 Å². The number of carbonyl (C=O) groups is 2. The molecule has 0 unspecified atom stereocenters. The Morgan fingerprint density at radius 3 is 2.61 bits per heavy atom. The van der Waals surface area contributed by atoms with Gasteiger partial charge in [-0.25, -0.2) is 14.6 Å². The SMILES string of the molecule is CCN(CC)C(=O)NCCc1nc(C(=O)O)cs1. The maximum Gasteiger partial charge on any atom is 0.355 e. The highest BCUT2D eigenvalue weighted by Gasteiger charge is 2.10. The molecule has 1 heterocycles. The number of nitrogens with zero attached hydrogens (tertiary/aromatic N) is 2. The van der Waals surface area contributed by atoms with E-state index in [1.165, 1.54) is 16.7 Å². The first-order valence-corrected chi connectivity index (χ1v) is 6.66. The van der Waals surface area contributed by atoms with Crippen LogP contribution in [0.3, 0.4) is 0 Å². The molecule has 0 spiro atoms. The van der Waals surface area contributed by atoms with Crippen molar-refractivity contribution in [2.45, 2.75) is 20.3 Å². The lowest BCUT2D eigenvalue weighted by atomic mass is 10.4. The first kappa shape index (κ1) is 14.4. The van der Waals surface area contributed by atoms with Crippen molar-refractivity contribution in [2.75, 3.05) is 19.6 Å². The number of aromatic carboxylic acids is 1. The minimum absolute atomic E-state index is 0.0602. The molecule has 0 aliphatic rings. The van der Waals surface area contributed by atoms with E-state index in [1.54, 1.807) is 4.90 Å². The lowest BCUT2D eigenvalue weighted by Gasteiger charge is -2.18. The van der Waals surface area contributed by atoms with E-state index in [0.717, 1.165) is 0 Å². The van der Waals surface area contributed by atoms with Gasteiger partial charge in [-0.15, -0.1) is 11.3 Å². The van der Waals surface area contributed by atoms with Crippen molar-refractivity contribution in [1.82, 2.24) is 15.2 Å². The standard InChI is InChI=1S/C11H17N3O3S/c1-3-14(4-2)11(17)12-6-5-9-13-8(7-18-9)10(15)16/h7H,3-6H2,1-2H3,(H,12,17)(H,15,16). The summed E-state index contributed by atoms with van der Waals surface area (Å²) in [4.78, 5) is 27.9. The molecule has 7 heteroatoms. The van der Waals surface area contributed by atoms with Gasteiger partial charge < -0.3 is 15.3 Å². The molecule has 0 aliphatic carbocycles. The molecule has 0 atom stereocenters. The van der Waals surface area contributed by atoms with Crippen LogP contribution < -0.4 is 5.32 Å². The largest absolute Gasteiger partial charge is 0.476 e. The highest BCUT2D eigenvalue weighted by atomic mass is 32.1. The summed E-state index contributed by atoms with van der Waals surface area (Å²) in [5, 5.41) is 13.7. The van der Waals surface area contributed by atoms with Gasteiger partial charge in [0.1, 0.15) is 0 Å². The molecule has 0 radical (unpaired) electrons. The predicted octanol–water partition coefficient (Wildman–Crippen LogP) is 1.44. The van der Waals surface area contributed by atoms with Crippen LogP contribution in [0.2, 0.25) is 0 Å². The minimum atomic E-state index is -1.02. The van der Waals surface area contributed by atoms with E-state index in [0.29, 0.717) is 31.1 Å². The van der Waals surface area contributed by atoms with Gasteiger partial charge >= 0.3 is 12.0 Å². The number of thiazole rings is 1. The lowest BCUT2D eigenvalue weighted by Crippen LogP contribution is -2.40. The third kappa shape index (κ3) is 3.99. The summed E-state index contributed by atoms with van der Waals surface area (Å²) in [5.74, 6) is -1.02. The Labute approximate surface area is 110 Å². The summed E-state index contributed by atoms with van der Waals surface area (Å²) in [6.07, 6.45) is 0.547. The highest BCUT2D eigenvalue weighted by Crippen LogP contribution is 2.09. The van der Waals surface area contributed by atoms with Crippen LogP contribution in [0.15, 0.2) is 5.38 Å². The molecule has 0 aromatic carbocycles. The second kappa shape index (κ2) is 6.95. The minimum Gasteiger partial charge on any atom is -0.476 e. The fourth-order valence-corrected chi connectivity index (χ4v) is 2.20. The van der Waals surface area contributed by atoms with E-state index >= 15 is 0 Å². The van der Waals surface area contributed by atoms with Gasteiger partial charge in [-0.05, 0) is 13.8 Å². The van der Waals surface area contributed by atoms with Crippen molar-refractivity contribution in [3.05, 3.63) is 16.1 Å². The van der Waals surface area contributed by atoms with Gasteiger partial charge in [-0.3, -0.25) is 0 Å². The summed E-state index contributed by atoms with van der Waals surface area (Å²) >= 11 is 1.29. The quantitative estimate of drug-likeness (QED) is 0.820. The van der Waals surface area contributed by atoms with E-state index in [9.17, 15) is 9.59 Å². The van der Waals surface area contributed by atoms with E-state index in [2.05, 4.69) is 10.3 Å². The Bertz CT molecular complexity index is 415. The van der Waals surface area contributed by atoms with Crippen molar-refractivity contribution < 1.29 is 14.7 Å². The lowest BCUT2D eigenvalue weighted by molar-refractivity contribution is 0.0691. The van der Waals surface area contributed by atoms with Gasteiger partial charge in [0.2, 0.25) is 0 Å². The van der Waals surface area contributed by atoms with Gasteiger partial charge in [0, 0.05) is 31.4 Å². The van der Waals surface area contributed by atoms with Gasteiger partial charge in [0.15, 0.2) is 5.69 Å². The number of carbonyl (C=O) groups excluding carboxylic acids is 1. The Morgan fingerprint density at radius 2 is 2.11 bits per heavy atom. The number of nitrogens with one attached hydrogen (secondary N) is 1. The van der Waals surface area contributed by atoms with E-state index in [1.807, 2.05) is 13.8 Å². The van der Waals surface area contributed by atoms with Crippen LogP contribution in [-0.2, 0) is 6.42 Å². The van der Waals surface area contributed by atoms with E-state index in [4.69, 9.17) is 5.11 Å². The molecule has 1 rings (SSSR count). The average molecular weight is 271 g/mol. The van der Waals surface area contributed by atoms with Crippen molar-refractivity contribution >= 4 is 23.3 Å². The zero-order valence-electron chi connectivity index (χ0n) is 10.5. The first-order chi connectivity index (χ1) is 8.58. The predicted molar refractivity (Wildman–Crippen MR) is 69.1 cm³/mol.